The minimum absolute atomic E-state index is 0.0827. The van der Waals surface area contributed by atoms with Gasteiger partial charge in [0.1, 0.15) is 11.3 Å². The summed E-state index contributed by atoms with van der Waals surface area (Å²) in [6, 6.07) is 3.70. The Hall–Kier alpha value is -1.75. The van der Waals surface area contributed by atoms with Crippen LogP contribution in [0.3, 0.4) is 0 Å². The fraction of sp³-hybridized carbons (Fsp3) is 0.400. The Morgan fingerprint density at radius 2 is 2.00 bits per heavy atom. The molecule has 1 heterocycles. The molecule has 2 aromatic rings. The molecule has 2 N–H and O–H groups in total. The van der Waals surface area contributed by atoms with Gasteiger partial charge in [0, 0.05) is 23.3 Å². The quantitative estimate of drug-likeness (QED) is 0.886. The highest BCUT2D eigenvalue weighted by atomic mass is 19.1. The lowest BCUT2D eigenvalue weighted by molar-refractivity contribution is 0.116. The monoisotopic (exact) mass is 278 g/mol. The van der Waals surface area contributed by atoms with Crippen molar-refractivity contribution < 1.29 is 13.9 Å². The van der Waals surface area contributed by atoms with Gasteiger partial charge in [0.25, 0.3) is 0 Å². The number of aromatic nitrogens is 1. The number of pyridine rings is 1. The maximum atomic E-state index is 13.7. The maximum absolute atomic E-state index is 13.7. The molecule has 3 rings (SSSR count). The fourth-order valence-electron chi connectivity index (χ4n) is 2.78. The first-order valence-corrected chi connectivity index (χ1v) is 6.83. The zero-order chi connectivity index (χ0) is 14.1. The molecule has 1 aliphatic rings. The predicted molar refractivity (Wildman–Crippen MR) is 73.5 cm³/mol. The second kappa shape index (κ2) is 5.32. The summed E-state index contributed by atoms with van der Waals surface area (Å²) in [6.07, 6.45) is 4.72. The van der Waals surface area contributed by atoms with Crippen LogP contribution in [0.5, 0.6) is 0 Å². The van der Waals surface area contributed by atoms with Gasteiger partial charge < -0.3 is 10.4 Å². The zero-order valence-corrected chi connectivity index (χ0v) is 10.9. The molecule has 1 saturated carbocycles. The normalized spacial score (nSPS) is 22.9. The molecular weight excluding hydrogens is 262 g/mol. The lowest BCUT2D eigenvalue weighted by Gasteiger charge is -2.29. The van der Waals surface area contributed by atoms with E-state index < -0.39 is 17.7 Å². The van der Waals surface area contributed by atoms with Gasteiger partial charge in [-0.3, -0.25) is 4.98 Å². The van der Waals surface area contributed by atoms with E-state index in [4.69, 9.17) is 0 Å². The molecule has 0 bridgehead atoms. The topological polar surface area (TPSA) is 45.1 Å². The number of anilines is 1. The Kier molecular flexibility index (Phi) is 3.53. The summed E-state index contributed by atoms with van der Waals surface area (Å²) in [4.78, 5) is 3.95. The van der Waals surface area contributed by atoms with Crippen molar-refractivity contribution in [2.75, 3.05) is 5.32 Å². The van der Waals surface area contributed by atoms with E-state index in [1.807, 2.05) is 0 Å². The van der Waals surface area contributed by atoms with Crippen molar-refractivity contribution in [3.8, 4) is 0 Å². The number of hydrogen-bond acceptors (Lipinski definition) is 3. The lowest BCUT2D eigenvalue weighted by Crippen LogP contribution is -2.36. The van der Waals surface area contributed by atoms with Gasteiger partial charge in [0.2, 0.25) is 0 Å². The summed E-state index contributed by atoms with van der Waals surface area (Å²) in [7, 11) is 0. The molecule has 2 unspecified atom stereocenters. The number of rotatable bonds is 2. The summed E-state index contributed by atoms with van der Waals surface area (Å²) < 4.78 is 27.1. The van der Waals surface area contributed by atoms with Crippen molar-refractivity contribution in [2.24, 2.45) is 0 Å². The molecule has 2 atom stereocenters. The van der Waals surface area contributed by atoms with E-state index in [-0.39, 0.29) is 11.6 Å². The maximum Gasteiger partial charge on any atom is 0.152 e. The number of aliphatic hydroxyl groups excluding tert-OH is 1. The number of benzene rings is 1. The predicted octanol–water partition coefficient (Wildman–Crippen LogP) is 3.23. The highest BCUT2D eigenvalue weighted by Gasteiger charge is 2.23. The van der Waals surface area contributed by atoms with Crippen LogP contribution in [0.1, 0.15) is 25.7 Å². The third kappa shape index (κ3) is 2.45. The van der Waals surface area contributed by atoms with E-state index in [9.17, 15) is 13.9 Å². The van der Waals surface area contributed by atoms with Crippen LogP contribution >= 0.6 is 0 Å². The van der Waals surface area contributed by atoms with Crippen LogP contribution in [0.4, 0.5) is 14.5 Å². The van der Waals surface area contributed by atoms with Gasteiger partial charge in [-0.05, 0) is 25.0 Å². The molecule has 1 aromatic carbocycles. The first kappa shape index (κ1) is 13.2. The van der Waals surface area contributed by atoms with Crippen LogP contribution in [-0.2, 0) is 0 Å². The van der Waals surface area contributed by atoms with Crippen molar-refractivity contribution in [3.63, 3.8) is 0 Å². The molecule has 106 valence electrons. The summed E-state index contributed by atoms with van der Waals surface area (Å²) in [5, 5.41) is 13.6. The van der Waals surface area contributed by atoms with Gasteiger partial charge in [0.05, 0.1) is 12.1 Å². The molecule has 0 radical (unpaired) electrons. The molecule has 0 amide bonds. The lowest BCUT2D eigenvalue weighted by atomic mass is 9.92. The number of nitrogens with one attached hydrogen (secondary N) is 1. The Morgan fingerprint density at radius 1 is 1.20 bits per heavy atom. The summed E-state index contributed by atoms with van der Waals surface area (Å²) in [5.41, 5.74) is 0.751. The SMILES string of the molecule is OC1CCCCC1Nc1ccnc2c(F)cc(F)cc12. The van der Waals surface area contributed by atoms with Crippen molar-refractivity contribution in [1.29, 1.82) is 0 Å². The van der Waals surface area contributed by atoms with Crippen LogP contribution in [0, 0.1) is 11.6 Å². The average Bonchev–Trinajstić information content (AvgIpc) is 2.42. The van der Waals surface area contributed by atoms with Crippen LogP contribution in [-0.4, -0.2) is 22.2 Å². The molecule has 0 saturated heterocycles. The summed E-state index contributed by atoms with van der Waals surface area (Å²) in [6.45, 7) is 0. The fourth-order valence-corrected chi connectivity index (χ4v) is 2.78. The molecule has 1 aliphatic carbocycles. The first-order valence-electron chi connectivity index (χ1n) is 6.83. The van der Waals surface area contributed by atoms with Gasteiger partial charge >= 0.3 is 0 Å². The Balaban J connectivity index is 1.99. The van der Waals surface area contributed by atoms with Crippen LogP contribution in [0.2, 0.25) is 0 Å². The zero-order valence-electron chi connectivity index (χ0n) is 10.9. The summed E-state index contributed by atoms with van der Waals surface area (Å²) in [5.74, 6) is -1.30. The number of aliphatic hydroxyl groups is 1. The van der Waals surface area contributed by atoms with E-state index in [0.717, 1.165) is 31.7 Å². The van der Waals surface area contributed by atoms with Crippen LogP contribution in [0.25, 0.3) is 10.9 Å². The molecule has 3 nitrogen and oxygen atoms in total. The Labute approximate surface area is 115 Å². The second-order valence-electron chi connectivity index (χ2n) is 5.24. The standard InChI is InChI=1S/C15H16F2N2O/c16-9-7-10-12(5-6-18-15(10)11(17)8-9)19-13-3-1-2-4-14(13)20/h5-8,13-14,20H,1-4H2,(H,18,19). The molecule has 1 fully saturated rings. The van der Waals surface area contributed by atoms with Gasteiger partial charge in [-0.1, -0.05) is 12.8 Å². The Morgan fingerprint density at radius 3 is 2.80 bits per heavy atom. The summed E-state index contributed by atoms with van der Waals surface area (Å²) >= 11 is 0. The smallest absolute Gasteiger partial charge is 0.152 e. The van der Waals surface area contributed by atoms with E-state index in [0.29, 0.717) is 11.1 Å². The van der Waals surface area contributed by atoms with Crippen molar-refractivity contribution >= 4 is 16.6 Å². The highest BCUT2D eigenvalue weighted by Crippen LogP contribution is 2.28. The minimum Gasteiger partial charge on any atom is -0.391 e. The van der Waals surface area contributed by atoms with Crippen molar-refractivity contribution in [2.45, 2.75) is 37.8 Å². The number of nitrogens with zero attached hydrogens (tertiary/aromatic N) is 1. The van der Waals surface area contributed by atoms with E-state index in [1.54, 1.807) is 6.07 Å². The average molecular weight is 278 g/mol. The van der Waals surface area contributed by atoms with Crippen molar-refractivity contribution in [3.05, 3.63) is 36.0 Å². The largest absolute Gasteiger partial charge is 0.391 e. The number of fused-ring (bicyclic) bond motifs is 1. The van der Waals surface area contributed by atoms with Gasteiger partial charge in [-0.2, -0.15) is 0 Å². The van der Waals surface area contributed by atoms with E-state index >= 15 is 0 Å². The Bertz CT molecular complexity index is 633. The number of hydrogen-bond donors (Lipinski definition) is 2. The van der Waals surface area contributed by atoms with E-state index in [1.165, 1.54) is 12.3 Å². The molecule has 0 aliphatic heterocycles. The third-order valence-electron chi connectivity index (χ3n) is 3.83. The molecule has 0 spiro atoms. The molecule has 5 heteroatoms. The van der Waals surface area contributed by atoms with Gasteiger partial charge in [0.15, 0.2) is 5.82 Å². The minimum atomic E-state index is -0.673. The third-order valence-corrected chi connectivity index (χ3v) is 3.83. The van der Waals surface area contributed by atoms with Crippen LogP contribution in [0.15, 0.2) is 24.4 Å². The molecule has 20 heavy (non-hydrogen) atoms. The molecule has 1 aromatic heterocycles. The van der Waals surface area contributed by atoms with Gasteiger partial charge in [-0.15, -0.1) is 0 Å². The van der Waals surface area contributed by atoms with Crippen molar-refractivity contribution in [1.82, 2.24) is 4.98 Å². The molecular formula is C15H16F2N2O. The first-order chi connectivity index (χ1) is 9.65. The number of halogens is 2. The van der Waals surface area contributed by atoms with Crippen LogP contribution < -0.4 is 5.32 Å². The van der Waals surface area contributed by atoms with Gasteiger partial charge in [-0.25, -0.2) is 8.78 Å². The highest BCUT2D eigenvalue weighted by molar-refractivity contribution is 5.91. The van der Waals surface area contributed by atoms with E-state index in [2.05, 4.69) is 10.3 Å². The second-order valence-corrected chi connectivity index (χ2v) is 5.24.